The van der Waals surface area contributed by atoms with E-state index >= 15 is 0 Å². The first-order valence-corrected chi connectivity index (χ1v) is 9.53. The predicted molar refractivity (Wildman–Crippen MR) is 91.9 cm³/mol. The van der Waals surface area contributed by atoms with Crippen molar-refractivity contribution in [3.8, 4) is 5.75 Å². The van der Waals surface area contributed by atoms with Crippen molar-refractivity contribution in [2.24, 2.45) is 5.92 Å². The van der Waals surface area contributed by atoms with Crippen molar-refractivity contribution >= 4 is 21.6 Å². The van der Waals surface area contributed by atoms with Gasteiger partial charge in [-0.1, -0.05) is 11.6 Å². The van der Waals surface area contributed by atoms with Gasteiger partial charge in [0.1, 0.15) is 16.5 Å². The van der Waals surface area contributed by atoms with Crippen LogP contribution in [0.2, 0.25) is 5.02 Å². The van der Waals surface area contributed by atoms with E-state index in [1.54, 1.807) is 25.4 Å². The van der Waals surface area contributed by atoms with Crippen LogP contribution in [0.15, 0.2) is 35.5 Å². The number of imidazole rings is 1. The highest BCUT2D eigenvalue weighted by molar-refractivity contribution is 7.89. The SMILES string of the molecule is COc1ccc(Cl)c(S(=O)(=O)N(C)CC2CCc3nccn3C2)c1. The third-order valence-corrected chi connectivity index (χ3v) is 6.68. The van der Waals surface area contributed by atoms with Gasteiger partial charge in [-0.15, -0.1) is 0 Å². The van der Waals surface area contributed by atoms with Gasteiger partial charge in [0.05, 0.1) is 12.1 Å². The number of benzene rings is 1. The monoisotopic (exact) mass is 369 g/mol. The summed E-state index contributed by atoms with van der Waals surface area (Å²) in [5.74, 6) is 1.77. The van der Waals surface area contributed by atoms with Crippen LogP contribution in [-0.2, 0) is 23.0 Å². The Morgan fingerprint density at radius 3 is 3.00 bits per heavy atom. The number of hydrogen-bond acceptors (Lipinski definition) is 4. The Kier molecular flexibility index (Phi) is 4.85. The van der Waals surface area contributed by atoms with Crippen LogP contribution in [0, 0.1) is 5.92 Å². The largest absolute Gasteiger partial charge is 0.497 e. The molecule has 0 aliphatic carbocycles. The third kappa shape index (κ3) is 3.29. The summed E-state index contributed by atoms with van der Waals surface area (Å²) in [7, 11) is -0.583. The zero-order valence-electron chi connectivity index (χ0n) is 13.6. The number of rotatable bonds is 5. The summed E-state index contributed by atoms with van der Waals surface area (Å²) in [6, 6.07) is 4.64. The van der Waals surface area contributed by atoms with E-state index in [4.69, 9.17) is 16.3 Å². The van der Waals surface area contributed by atoms with Crippen LogP contribution in [0.3, 0.4) is 0 Å². The molecule has 0 N–H and O–H groups in total. The Hall–Kier alpha value is -1.57. The van der Waals surface area contributed by atoms with Gasteiger partial charge >= 0.3 is 0 Å². The van der Waals surface area contributed by atoms with E-state index in [9.17, 15) is 8.42 Å². The summed E-state index contributed by atoms with van der Waals surface area (Å²) in [5, 5.41) is 0.197. The van der Waals surface area contributed by atoms with Crippen molar-refractivity contribution in [3.05, 3.63) is 41.4 Å². The van der Waals surface area contributed by atoms with Gasteiger partial charge in [-0.25, -0.2) is 17.7 Å². The first-order chi connectivity index (χ1) is 11.4. The standard InChI is InChI=1S/C16H20ClN3O3S/c1-19(10-12-3-6-16-18-7-8-20(16)11-12)24(21,22)15-9-13(23-2)4-5-14(15)17/h4-5,7-9,12H,3,6,10-11H2,1-2H3. The van der Waals surface area contributed by atoms with Gasteiger partial charge < -0.3 is 9.30 Å². The molecule has 1 atom stereocenters. The second-order valence-electron chi connectivity index (χ2n) is 5.98. The molecule has 1 aromatic heterocycles. The average Bonchev–Trinajstić information content (AvgIpc) is 3.02. The highest BCUT2D eigenvalue weighted by Crippen LogP contribution is 2.29. The lowest BCUT2D eigenvalue weighted by Crippen LogP contribution is -2.35. The van der Waals surface area contributed by atoms with Crippen molar-refractivity contribution in [2.45, 2.75) is 24.3 Å². The number of sulfonamides is 1. The fraction of sp³-hybridized carbons (Fsp3) is 0.438. The third-order valence-electron chi connectivity index (χ3n) is 4.37. The Balaban J connectivity index is 1.78. The topological polar surface area (TPSA) is 64.4 Å². The second-order valence-corrected chi connectivity index (χ2v) is 8.40. The van der Waals surface area contributed by atoms with Crippen molar-refractivity contribution in [1.82, 2.24) is 13.9 Å². The van der Waals surface area contributed by atoms with Crippen LogP contribution >= 0.6 is 11.6 Å². The van der Waals surface area contributed by atoms with E-state index in [0.29, 0.717) is 12.3 Å². The molecule has 2 heterocycles. The summed E-state index contributed by atoms with van der Waals surface area (Å²) in [6.07, 6.45) is 5.51. The van der Waals surface area contributed by atoms with Gasteiger partial charge in [0.25, 0.3) is 0 Å². The molecule has 130 valence electrons. The number of fused-ring (bicyclic) bond motifs is 1. The molecule has 1 aromatic carbocycles. The maximum Gasteiger partial charge on any atom is 0.244 e. The zero-order chi connectivity index (χ0) is 17.3. The number of nitrogens with zero attached hydrogens (tertiary/aromatic N) is 3. The average molecular weight is 370 g/mol. The van der Waals surface area contributed by atoms with Crippen molar-refractivity contribution < 1.29 is 13.2 Å². The number of aromatic nitrogens is 2. The molecule has 0 amide bonds. The molecule has 0 saturated carbocycles. The Labute approximate surface area is 147 Å². The summed E-state index contributed by atoms with van der Waals surface area (Å²) in [6.45, 7) is 1.22. The smallest absolute Gasteiger partial charge is 0.244 e. The predicted octanol–water partition coefficient (Wildman–Crippen LogP) is 2.43. The van der Waals surface area contributed by atoms with E-state index in [-0.39, 0.29) is 15.8 Å². The molecule has 3 rings (SSSR count). The van der Waals surface area contributed by atoms with E-state index in [1.807, 2.05) is 6.20 Å². The van der Waals surface area contributed by atoms with Gasteiger partial charge in [0.2, 0.25) is 10.0 Å². The van der Waals surface area contributed by atoms with Gasteiger partial charge in [0, 0.05) is 45.0 Å². The molecule has 0 spiro atoms. The summed E-state index contributed by atoms with van der Waals surface area (Å²) in [4.78, 5) is 4.37. The normalized spacial score (nSPS) is 17.8. The molecule has 1 aliphatic rings. The van der Waals surface area contributed by atoms with Crippen LogP contribution in [0.25, 0.3) is 0 Å². The number of ether oxygens (including phenoxy) is 1. The summed E-state index contributed by atoms with van der Waals surface area (Å²) >= 11 is 6.10. The molecule has 0 fully saturated rings. The highest BCUT2D eigenvalue weighted by Gasteiger charge is 2.28. The molecule has 0 saturated heterocycles. The molecule has 1 unspecified atom stereocenters. The quantitative estimate of drug-likeness (QED) is 0.812. The Morgan fingerprint density at radius 2 is 2.25 bits per heavy atom. The van der Waals surface area contributed by atoms with E-state index in [1.165, 1.54) is 17.5 Å². The van der Waals surface area contributed by atoms with Crippen molar-refractivity contribution in [3.63, 3.8) is 0 Å². The lowest BCUT2D eigenvalue weighted by Gasteiger charge is -2.28. The number of aryl methyl sites for hydroxylation is 1. The molecule has 8 heteroatoms. The fourth-order valence-electron chi connectivity index (χ4n) is 3.02. The van der Waals surface area contributed by atoms with Crippen LogP contribution in [0.1, 0.15) is 12.2 Å². The molecular formula is C16H20ClN3O3S. The van der Waals surface area contributed by atoms with Crippen molar-refractivity contribution in [2.75, 3.05) is 20.7 Å². The molecule has 2 aromatic rings. The van der Waals surface area contributed by atoms with E-state index in [2.05, 4.69) is 9.55 Å². The molecular weight excluding hydrogens is 350 g/mol. The number of halogens is 1. The van der Waals surface area contributed by atoms with Crippen LogP contribution in [-0.4, -0.2) is 43.0 Å². The van der Waals surface area contributed by atoms with Gasteiger partial charge in [-0.3, -0.25) is 0 Å². The van der Waals surface area contributed by atoms with Crippen LogP contribution in [0.5, 0.6) is 5.75 Å². The van der Waals surface area contributed by atoms with Gasteiger partial charge in [-0.05, 0) is 24.5 Å². The van der Waals surface area contributed by atoms with Gasteiger partial charge in [0.15, 0.2) is 0 Å². The maximum absolute atomic E-state index is 12.9. The fourth-order valence-corrected chi connectivity index (χ4v) is 4.76. The molecule has 1 aliphatic heterocycles. The van der Waals surface area contributed by atoms with Crippen LogP contribution in [0.4, 0.5) is 0 Å². The van der Waals surface area contributed by atoms with Crippen LogP contribution < -0.4 is 4.74 Å². The molecule has 24 heavy (non-hydrogen) atoms. The minimum atomic E-state index is -3.67. The summed E-state index contributed by atoms with van der Waals surface area (Å²) < 4.78 is 34.3. The lowest BCUT2D eigenvalue weighted by atomic mass is 10.00. The number of methoxy groups -OCH3 is 1. The maximum atomic E-state index is 12.9. The lowest BCUT2D eigenvalue weighted by molar-refractivity contribution is 0.303. The Bertz CT molecular complexity index is 835. The highest BCUT2D eigenvalue weighted by atomic mass is 35.5. The first-order valence-electron chi connectivity index (χ1n) is 7.71. The second kappa shape index (κ2) is 6.74. The zero-order valence-corrected chi connectivity index (χ0v) is 15.2. The van der Waals surface area contributed by atoms with Gasteiger partial charge in [-0.2, -0.15) is 0 Å². The van der Waals surface area contributed by atoms with E-state index in [0.717, 1.165) is 25.2 Å². The Morgan fingerprint density at radius 1 is 1.46 bits per heavy atom. The molecule has 0 bridgehead atoms. The minimum Gasteiger partial charge on any atom is -0.497 e. The number of hydrogen-bond donors (Lipinski definition) is 0. The first kappa shape index (κ1) is 17.3. The molecule has 6 nitrogen and oxygen atoms in total. The minimum absolute atomic E-state index is 0.0742. The van der Waals surface area contributed by atoms with E-state index < -0.39 is 10.0 Å². The van der Waals surface area contributed by atoms with Crippen molar-refractivity contribution in [1.29, 1.82) is 0 Å². The summed E-state index contributed by atoms with van der Waals surface area (Å²) in [5.41, 5.74) is 0. The molecule has 0 radical (unpaired) electrons.